The molecule has 1 N–H and O–H groups in total. The Hall–Kier alpha value is -1.88. The average Bonchev–Trinajstić information content (AvgIpc) is 2.30. The molecule has 0 saturated heterocycles. The van der Waals surface area contributed by atoms with Gasteiger partial charge in [-0.25, -0.2) is 14.7 Å². The molecule has 0 radical (unpaired) electrons. The van der Waals surface area contributed by atoms with Crippen molar-refractivity contribution in [2.24, 2.45) is 0 Å². The molecular formula is C12H9BrN2O2. The van der Waals surface area contributed by atoms with Gasteiger partial charge in [0.05, 0.1) is 5.69 Å². The van der Waals surface area contributed by atoms with Gasteiger partial charge in [0.25, 0.3) is 0 Å². The number of carboxylic acid groups (broad SMARTS) is 1. The third-order valence-corrected chi connectivity index (χ3v) is 2.58. The van der Waals surface area contributed by atoms with Gasteiger partial charge in [-0.3, -0.25) is 0 Å². The molecule has 2 aromatic rings. The lowest BCUT2D eigenvalue weighted by Gasteiger charge is -2.18. The summed E-state index contributed by atoms with van der Waals surface area (Å²) < 4.78 is 0.595. The molecule has 86 valence electrons. The Balaban J connectivity index is 2.47. The van der Waals surface area contributed by atoms with E-state index in [2.05, 4.69) is 20.9 Å². The summed E-state index contributed by atoms with van der Waals surface area (Å²) in [5.41, 5.74) is 0.561. The summed E-state index contributed by atoms with van der Waals surface area (Å²) in [4.78, 5) is 16.5. The zero-order chi connectivity index (χ0) is 12.3. The Labute approximate surface area is 107 Å². The van der Waals surface area contributed by atoms with Crippen LogP contribution in [0.3, 0.4) is 0 Å². The highest BCUT2D eigenvalue weighted by molar-refractivity contribution is 9.10. The normalized spacial score (nSPS) is 9.94. The Bertz CT molecular complexity index is 531. The standard InChI is InChI=1S/C12H9BrN2O2/c13-10-7-4-8-11(14-10)15(12(16)17)9-5-2-1-3-6-9/h1-8H,(H,16,17). The number of anilines is 2. The van der Waals surface area contributed by atoms with Gasteiger partial charge in [0, 0.05) is 0 Å². The largest absolute Gasteiger partial charge is 0.464 e. The third-order valence-electron chi connectivity index (χ3n) is 2.14. The van der Waals surface area contributed by atoms with E-state index in [1.165, 1.54) is 0 Å². The maximum absolute atomic E-state index is 11.3. The van der Waals surface area contributed by atoms with E-state index in [1.807, 2.05) is 6.07 Å². The lowest BCUT2D eigenvalue weighted by Crippen LogP contribution is -2.24. The summed E-state index contributed by atoms with van der Waals surface area (Å²) in [7, 11) is 0. The lowest BCUT2D eigenvalue weighted by molar-refractivity contribution is 0.204. The van der Waals surface area contributed by atoms with Gasteiger partial charge in [0.2, 0.25) is 0 Å². The van der Waals surface area contributed by atoms with E-state index in [0.29, 0.717) is 16.1 Å². The van der Waals surface area contributed by atoms with E-state index in [4.69, 9.17) is 0 Å². The Morgan fingerprint density at radius 2 is 1.82 bits per heavy atom. The number of hydrogen-bond acceptors (Lipinski definition) is 2. The van der Waals surface area contributed by atoms with E-state index >= 15 is 0 Å². The van der Waals surface area contributed by atoms with Crippen molar-refractivity contribution < 1.29 is 9.90 Å². The Morgan fingerprint density at radius 3 is 2.41 bits per heavy atom. The number of pyridine rings is 1. The first-order valence-electron chi connectivity index (χ1n) is 4.89. The number of rotatable bonds is 2. The molecule has 0 aliphatic rings. The van der Waals surface area contributed by atoms with Crippen LogP contribution in [0.2, 0.25) is 0 Å². The van der Waals surface area contributed by atoms with Crippen molar-refractivity contribution >= 4 is 33.5 Å². The second-order valence-electron chi connectivity index (χ2n) is 3.27. The number of halogens is 1. The van der Waals surface area contributed by atoms with Crippen molar-refractivity contribution in [2.75, 3.05) is 4.90 Å². The first-order chi connectivity index (χ1) is 8.18. The second kappa shape index (κ2) is 4.97. The van der Waals surface area contributed by atoms with E-state index < -0.39 is 6.09 Å². The molecule has 2 rings (SSSR count). The molecule has 5 heteroatoms. The fourth-order valence-electron chi connectivity index (χ4n) is 1.44. The SMILES string of the molecule is O=C(O)N(c1ccccc1)c1cccc(Br)n1. The fourth-order valence-corrected chi connectivity index (χ4v) is 1.77. The van der Waals surface area contributed by atoms with Gasteiger partial charge in [-0.1, -0.05) is 24.3 Å². The van der Waals surface area contributed by atoms with Crippen molar-refractivity contribution in [3.8, 4) is 0 Å². The Kier molecular flexibility index (Phi) is 3.39. The molecule has 1 heterocycles. The number of nitrogens with zero attached hydrogens (tertiary/aromatic N) is 2. The molecule has 17 heavy (non-hydrogen) atoms. The van der Waals surface area contributed by atoms with Gasteiger partial charge in [0.15, 0.2) is 0 Å². The third kappa shape index (κ3) is 2.62. The molecule has 0 aliphatic heterocycles. The van der Waals surface area contributed by atoms with Crippen LogP contribution in [0.25, 0.3) is 0 Å². The predicted octanol–water partition coefficient (Wildman–Crippen LogP) is 3.66. The van der Waals surface area contributed by atoms with Crippen molar-refractivity contribution in [1.82, 2.24) is 4.98 Å². The number of carbonyl (C=O) groups is 1. The van der Waals surface area contributed by atoms with E-state index in [1.54, 1.807) is 42.5 Å². The van der Waals surface area contributed by atoms with Gasteiger partial charge >= 0.3 is 6.09 Å². The van der Waals surface area contributed by atoms with Crippen molar-refractivity contribution in [1.29, 1.82) is 0 Å². The number of para-hydroxylation sites is 1. The minimum atomic E-state index is -1.07. The molecule has 0 aliphatic carbocycles. The van der Waals surface area contributed by atoms with Crippen LogP contribution in [0.1, 0.15) is 0 Å². The summed E-state index contributed by atoms with van der Waals surface area (Å²) in [5, 5.41) is 9.24. The monoisotopic (exact) mass is 292 g/mol. The molecule has 0 saturated carbocycles. The topological polar surface area (TPSA) is 53.4 Å². The molecule has 0 fully saturated rings. The zero-order valence-corrected chi connectivity index (χ0v) is 10.3. The highest BCUT2D eigenvalue weighted by Crippen LogP contribution is 2.24. The van der Waals surface area contributed by atoms with Gasteiger partial charge in [0.1, 0.15) is 10.4 Å². The smallest absolute Gasteiger partial charge is 0.417 e. The minimum Gasteiger partial charge on any atom is -0.464 e. The molecule has 1 amide bonds. The van der Waals surface area contributed by atoms with Crippen molar-refractivity contribution in [2.45, 2.75) is 0 Å². The summed E-state index contributed by atoms with van der Waals surface area (Å²) in [5.74, 6) is 0.359. The van der Waals surface area contributed by atoms with Crippen LogP contribution < -0.4 is 4.90 Å². The Morgan fingerprint density at radius 1 is 1.12 bits per heavy atom. The lowest BCUT2D eigenvalue weighted by atomic mass is 10.3. The summed E-state index contributed by atoms with van der Waals surface area (Å²) >= 11 is 3.22. The van der Waals surface area contributed by atoms with Crippen LogP contribution >= 0.6 is 15.9 Å². The van der Waals surface area contributed by atoms with E-state index in [0.717, 1.165) is 4.90 Å². The summed E-state index contributed by atoms with van der Waals surface area (Å²) in [6.07, 6.45) is -1.07. The second-order valence-corrected chi connectivity index (χ2v) is 4.08. The average molecular weight is 293 g/mol. The number of benzene rings is 1. The molecule has 0 atom stereocenters. The molecular weight excluding hydrogens is 284 g/mol. The van der Waals surface area contributed by atoms with Gasteiger partial charge in [-0.2, -0.15) is 0 Å². The molecule has 1 aromatic carbocycles. The molecule has 4 nitrogen and oxygen atoms in total. The van der Waals surface area contributed by atoms with Gasteiger partial charge in [-0.15, -0.1) is 0 Å². The number of aromatic nitrogens is 1. The highest BCUT2D eigenvalue weighted by Gasteiger charge is 2.17. The first kappa shape index (κ1) is 11.6. The van der Waals surface area contributed by atoms with Gasteiger partial charge < -0.3 is 5.11 Å². The summed E-state index contributed by atoms with van der Waals surface area (Å²) in [6, 6.07) is 14.0. The minimum absolute atomic E-state index is 0.359. The maximum atomic E-state index is 11.3. The fraction of sp³-hybridized carbons (Fsp3) is 0. The van der Waals surface area contributed by atoms with Crippen LogP contribution in [0.15, 0.2) is 53.1 Å². The highest BCUT2D eigenvalue weighted by atomic mass is 79.9. The first-order valence-corrected chi connectivity index (χ1v) is 5.68. The molecule has 0 unspecified atom stereocenters. The molecule has 1 aromatic heterocycles. The molecule has 0 spiro atoms. The van der Waals surface area contributed by atoms with Crippen LogP contribution in [0.4, 0.5) is 16.3 Å². The quantitative estimate of drug-likeness (QED) is 0.860. The van der Waals surface area contributed by atoms with Gasteiger partial charge in [-0.05, 0) is 40.2 Å². The van der Waals surface area contributed by atoms with Crippen LogP contribution in [0.5, 0.6) is 0 Å². The number of amides is 1. The van der Waals surface area contributed by atoms with Crippen molar-refractivity contribution in [3.05, 3.63) is 53.1 Å². The van der Waals surface area contributed by atoms with E-state index in [9.17, 15) is 9.90 Å². The molecule has 0 bridgehead atoms. The maximum Gasteiger partial charge on any atom is 0.417 e. The van der Waals surface area contributed by atoms with Crippen LogP contribution in [-0.4, -0.2) is 16.2 Å². The predicted molar refractivity (Wildman–Crippen MR) is 68.5 cm³/mol. The van der Waals surface area contributed by atoms with E-state index in [-0.39, 0.29) is 0 Å². The summed E-state index contributed by atoms with van der Waals surface area (Å²) in [6.45, 7) is 0. The van der Waals surface area contributed by atoms with Crippen molar-refractivity contribution in [3.63, 3.8) is 0 Å². The zero-order valence-electron chi connectivity index (χ0n) is 8.75. The van der Waals surface area contributed by atoms with Crippen LogP contribution in [-0.2, 0) is 0 Å². The van der Waals surface area contributed by atoms with Crippen LogP contribution in [0, 0.1) is 0 Å². The number of hydrogen-bond donors (Lipinski definition) is 1.